The lowest BCUT2D eigenvalue weighted by Gasteiger charge is -2.28. The van der Waals surface area contributed by atoms with E-state index in [1.807, 2.05) is 11.3 Å². The van der Waals surface area contributed by atoms with Crippen LogP contribution in [0, 0.1) is 0 Å². The molecule has 0 N–H and O–H groups in total. The fraction of sp³-hybridized carbons (Fsp3) is 0. The van der Waals surface area contributed by atoms with Crippen molar-refractivity contribution in [2.45, 2.75) is 0 Å². The van der Waals surface area contributed by atoms with E-state index in [-0.39, 0.29) is 0 Å². The molecular weight excluding hydrogens is 663 g/mol. The minimum Gasteiger partial charge on any atom is -0.455 e. The van der Waals surface area contributed by atoms with Crippen LogP contribution in [-0.2, 0) is 0 Å². The number of para-hydroxylation sites is 1. The van der Waals surface area contributed by atoms with E-state index in [1.165, 1.54) is 47.5 Å². The second-order valence-corrected chi connectivity index (χ2v) is 14.7. The van der Waals surface area contributed by atoms with Crippen LogP contribution in [0.25, 0.3) is 85.9 Å². The Bertz CT molecular complexity index is 3160. The van der Waals surface area contributed by atoms with Crippen LogP contribution in [-0.4, -0.2) is 0 Å². The normalized spacial score (nSPS) is 11.8. The van der Waals surface area contributed by atoms with Gasteiger partial charge in [0.2, 0.25) is 0 Å². The summed E-state index contributed by atoms with van der Waals surface area (Å²) in [6, 6.07) is 67.8. The zero-order chi connectivity index (χ0) is 34.9. The van der Waals surface area contributed by atoms with Gasteiger partial charge in [0.1, 0.15) is 11.2 Å². The summed E-state index contributed by atoms with van der Waals surface area (Å²) in [6.45, 7) is 0. The van der Waals surface area contributed by atoms with Crippen molar-refractivity contribution in [1.82, 2.24) is 0 Å². The van der Waals surface area contributed by atoms with Gasteiger partial charge in [-0.3, -0.25) is 0 Å². The summed E-state index contributed by atoms with van der Waals surface area (Å²) in [5.41, 5.74) is 9.78. The molecule has 0 unspecified atom stereocenters. The molecule has 0 aliphatic carbocycles. The van der Waals surface area contributed by atoms with Crippen LogP contribution >= 0.6 is 11.3 Å². The molecule has 11 rings (SSSR count). The van der Waals surface area contributed by atoms with E-state index >= 15 is 0 Å². The Kier molecular flexibility index (Phi) is 6.76. The lowest BCUT2D eigenvalue weighted by atomic mass is 9.95. The standard InChI is InChI=1S/C50H31NOS/c1-3-14-32(15-4-1)43-31-46-44(48-40-21-9-7-18-37(40)38-19-8-10-22-41(38)49(48)52-46)30-45(43)51(34-16-5-2-6-17-34)35-28-26-33(27-29-35)36-23-13-24-42-39-20-11-12-25-47(39)53-50(36)42/h1-31H. The van der Waals surface area contributed by atoms with Gasteiger partial charge in [0.15, 0.2) is 0 Å². The Hall–Kier alpha value is -6.68. The molecule has 0 bridgehead atoms. The highest BCUT2D eigenvalue weighted by molar-refractivity contribution is 7.26. The van der Waals surface area contributed by atoms with Crippen LogP contribution in [0.15, 0.2) is 192 Å². The lowest BCUT2D eigenvalue weighted by Crippen LogP contribution is -2.11. The van der Waals surface area contributed by atoms with E-state index in [0.29, 0.717) is 0 Å². The summed E-state index contributed by atoms with van der Waals surface area (Å²) < 4.78 is 9.53. The molecule has 0 saturated heterocycles. The Balaban J connectivity index is 1.17. The zero-order valence-electron chi connectivity index (χ0n) is 28.7. The fourth-order valence-electron chi connectivity index (χ4n) is 8.24. The molecule has 3 heteroatoms. The number of fused-ring (bicyclic) bond motifs is 11. The molecular formula is C50H31NOS. The third-order valence-electron chi connectivity index (χ3n) is 10.6. The Labute approximate surface area is 310 Å². The van der Waals surface area contributed by atoms with E-state index in [4.69, 9.17) is 4.42 Å². The van der Waals surface area contributed by atoms with Crippen LogP contribution in [0.1, 0.15) is 0 Å². The predicted octanol–water partition coefficient (Wildman–Crippen LogP) is 15.1. The molecule has 53 heavy (non-hydrogen) atoms. The first kappa shape index (κ1) is 30.0. The molecule has 2 aromatic heterocycles. The van der Waals surface area contributed by atoms with Gasteiger partial charge in [-0.1, -0.05) is 146 Å². The number of rotatable bonds is 5. The average molecular weight is 694 g/mol. The maximum absolute atomic E-state index is 6.89. The minimum absolute atomic E-state index is 0.879. The van der Waals surface area contributed by atoms with E-state index in [9.17, 15) is 0 Å². The van der Waals surface area contributed by atoms with Crippen molar-refractivity contribution in [3.8, 4) is 22.3 Å². The van der Waals surface area contributed by atoms with E-state index in [0.717, 1.165) is 55.5 Å². The Morgan fingerprint density at radius 1 is 0.396 bits per heavy atom. The van der Waals surface area contributed by atoms with Crippen LogP contribution in [0.4, 0.5) is 17.1 Å². The molecule has 2 heterocycles. The predicted molar refractivity (Wildman–Crippen MR) is 227 cm³/mol. The topological polar surface area (TPSA) is 16.4 Å². The SMILES string of the molecule is c1ccc(-c2cc3oc4c5ccccc5c5ccccc5c4c3cc2N(c2ccccc2)c2ccc(-c3cccc4c3sc3ccccc34)cc2)cc1. The van der Waals surface area contributed by atoms with Gasteiger partial charge >= 0.3 is 0 Å². The summed E-state index contributed by atoms with van der Waals surface area (Å²) in [7, 11) is 0. The van der Waals surface area contributed by atoms with E-state index in [1.54, 1.807) is 0 Å². The molecule has 2 nitrogen and oxygen atoms in total. The molecule has 11 aromatic rings. The summed E-state index contributed by atoms with van der Waals surface area (Å²) in [5, 5.41) is 9.64. The number of furan rings is 1. The van der Waals surface area contributed by atoms with Crippen molar-refractivity contribution >= 4 is 92.1 Å². The summed E-state index contributed by atoms with van der Waals surface area (Å²) in [4.78, 5) is 2.40. The third-order valence-corrected chi connectivity index (χ3v) is 11.9. The number of hydrogen-bond acceptors (Lipinski definition) is 3. The number of nitrogens with zero attached hydrogens (tertiary/aromatic N) is 1. The molecule has 0 radical (unpaired) electrons. The molecule has 0 fully saturated rings. The second-order valence-electron chi connectivity index (χ2n) is 13.6. The van der Waals surface area contributed by atoms with Gasteiger partial charge < -0.3 is 9.32 Å². The highest BCUT2D eigenvalue weighted by Crippen LogP contribution is 2.48. The van der Waals surface area contributed by atoms with Crippen molar-refractivity contribution in [2.24, 2.45) is 0 Å². The van der Waals surface area contributed by atoms with Crippen molar-refractivity contribution in [3.05, 3.63) is 188 Å². The van der Waals surface area contributed by atoms with Gasteiger partial charge in [-0.2, -0.15) is 0 Å². The monoisotopic (exact) mass is 693 g/mol. The van der Waals surface area contributed by atoms with Gasteiger partial charge in [-0.15, -0.1) is 11.3 Å². The number of hydrogen-bond donors (Lipinski definition) is 0. The number of thiophene rings is 1. The van der Waals surface area contributed by atoms with Crippen molar-refractivity contribution in [2.75, 3.05) is 4.90 Å². The van der Waals surface area contributed by atoms with E-state index < -0.39 is 0 Å². The molecule has 0 spiro atoms. The molecule has 0 amide bonds. The first-order valence-corrected chi connectivity index (χ1v) is 18.8. The van der Waals surface area contributed by atoms with Crippen molar-refractivity contribution in [3.63, 3.8) is 0 Å². The molecule has 0 aliphatic rings. The Morgan fingerprint density at radius 2 is 0.981 bits per heavy atom. The van der Waals surface area contributed by atoms with Crippen LogP contribution in [0.5, 0.6) is 0 Å². The third kappa shape index (κ3) is 4.71. The minimum atomic E-state index is 0.879. The van der Waals surface area contributed by atoms with Gasteiger partial charge in [-0.05, 0) is 75.3 Å². The van der Waals surface area contributed by atoms with Gasteiger partial charge in [0.25, 0.3) is 0 Å². The Morgan fingerprint density at radius 3 is 1.75 bits per heavy atom. The molecule has 248 valence electrons. The average Bonchev–Trinajstić information content (AvgIpc) is 3.81. The maximum atomic E-state index is 6.89. The first-order chi connectivity index (χ1) is 26.3. The molecule has 0 saturated carbocycles. The number of anilines is 3. The van der Waals surface area contributed by atoms with Crippen LogP contribution in [0.2, 0.25) is 0 Å². The van der Waals surface area contributed by atoms with E-state index in [2.05, 4.69) is 193 Å². The second kappa shape index (κ2) is 11.9. The quantitative estimate of drug-likeness (QED) is 0.167. The van der Waals surface area contributed by atoms with Gasteiger partial charge in [-0.25, -0.2) is 0 Å². The number of benzene rings is 9. The summed E-state index contributed by atoms with van der Waals surface area (Å²) in [6.07, 6.45) is 0. The first-order valence-electron chi connectivity index (χ1n) is 18.0. The van der Waals surface area contributed by atoms with Crippen LogP contribution in [0.3, 0.4) is 0 Å². The van der Waals surface area contributed by atoms with Crippen molar-refractivity contribution in [1.29, 1.82) is 0 Å². The lowest BCUT2D eigenvalue weighted by molar-refractivity contribution is 0.673. The molecule has 0 atom stereocenters. The highest BCUT2D eigenvalue weighted by Gasteiger charge is 2.23. The maximum Gasteiger partial charge on any atom is 0.143 e. The van der Waals surface area contributed by atoms with Gasteiger partial charge in [0.05, 0.1) is 5.69 Å². The molecule has 9 aromatic carbocycles. The summed E-state index contributed by atoms with van der Waals surface area (Å²) >= 11 is 1.87. The van der Waals surface area contributed by atoms with Crippen LogP contribution < -0.4 is 4.90 Å². The highest BCUT2D eigenvalue weighted by atomic mass is 32.1. The van der Waals surface area contributed by atoms with Gasteiger partial charge in [0, 0.05) is 53.3 Å². The smallest absolute Gasteiger partial charge is 0.143 e. The summed E-state index contributed by atoms with van der Waals surface area (Å²) in [5.74, 6) is 0. The van der Waals surface area contributed by atoms with Crippen molar-refractivity contribution < 1.29 is 4.42 Å². The largest absolute Gasteiger partial charge is 0.455 e. The zero-order valence-corrected chi connectivity index (χ0v) is 29.5. The fourth-order valence-corrected chi connectivity index (χ4v) is 9.48. The molecule has 0 aliphatic heterocycles.